The molecule has 1 unspecified atom stereocenters. The molecule has 0 aliphatic heterocycles. The van der Waals surface area contributed by atoms with Gasteiger partial charge in [0.15, 0.2) is 0 Å². The third-order valence-corrected chi connectivity index (χ3v) is 6.28. The normalized spacial score (nSPS) is 11.9. The minimum Gasteiger partial charge on any atom is -0.481 e. The maximum atomic E-state index is 13.8. The summed E-state index contributed by atoms with van der Waals surface area (Å²) < 4.78 is 35.5. The average Bonchev–Trinajstić information content (AvgIpc) is 3.28. The van der Waals surface area contributed by atoms with Gasteiger partial charge in [-0.3, -0.25) is 9.36 Å². The van der Waals surface area contributed by atoms with E-state index in [9.17, 15) is 13.6 Å². The number of unbranched alkanes of at least 4 members (excludes halogenated alkanes) is 3. The molecule has 1 atom stereocenters. The Hall–Kier alpha value is -4.00. The van der Waals surface area contributed by atoms with Crippen LogP contribution < -0.4 is 4.74 Å². The number of benzene rings is 3. The summed E-state index contributed by atoms with van der Waals surface area (Å²) in [7, 11) is 0. The first-order valence-electron chi connectivity index (χ1n) is 12.5. The average molecular weight is 505 g/mol. The van der Waals surface area contributed by atoms with Crippen molar-refractivity contribution in [3.05, 3.63) is 90.5 Å². The second kappa shape index (κ2) is 12.3. The Labute approximate surface area is 215 Å². The molecule has 0 aliphatic rings. The van der Waals surface area contributed by atoms with E-state index in [1.165, 1.54) is 24.3 Å². The maximum Gasteiger partial charge on any atom is 0.306 e. The van der Waals surface area contributed by atoms with Crippen molar-refractivity contribution in [1.29, 1.82) is 0 Å². The minimum atomic E-state index is -0.759. The number of ether oxygens (including phenoxy) is 1. The van der Waals surface area contributed by atoms with Gasteiger partial charge in [0.05, 0.1) is 23.9 Å². The van der Waals surface area contributed by atoms with Crippen molar-refractivity contribution in [2.45, 2.75) is 39.0 Å². The van der Waals surface area contributed by atoms with Gasteiger partial charge < -0.3 is 9.84 Å². The van der Waals surface area contributed by atoms with E-state index in [0.29, 0.717) is 30.3 Å². The number of para-hydroxylation sites is 1. The molecule has 3 aromatic carbocycles. The Bertz CT molecular complexity index is 1300. The van der Waals surface area contributed by atoms with Gasteiger partial charge >= 0.3 is 12.0 Å². The van der Waals surface area contributed by atoms with Gasteiger partial charge in [-0.2, -0.15) is 4.98 Å². The van der Waals surface area contributed by atoms with Gasteiger partial charge in [-0.15, -0.1) is 0 Å². The zero-order chi connectivity index (χ0) is 26.2. The molecule has 192 valence electrons. The molecule has 0 saturated carbocycles. The number of carbonyl (C=O) groups is 1. The number of aromatic nitrogens is 2. The molecule has 0 saturated heterocycles. The molecular formula is C30H30F2N2O3. The Morgan fingerprint density at radius 1 is 0.865 bits per heavy atom. The van der Waals surface area contributed by atoms with Crippen molar-refractivity contribution in [2.24, 2.45) is 5.92 Å². The van der Waals surface area contributed by atoms with E-state index in [-0.39, 0.29) is 17.6 Å². The zero-order valence-corrected chi connectivity index (χ0v) is 20.7. The summed E-state index contributed by atoms with van der Waals surface area (Å²) in [5.41, 5.74) is 3.62. The molecule has 4 rings (SSSR count). The van der Waals surface area contributed by atoms with Crippen molar-refractivity contribution >= 4 is 5.97 Å². The fourth-order valence-electron chi connectivity index (χ4n) is 4.19. The Morgan fingerprint density at radius 2 is 1.46 bits per heavy atom. The van der Waals surface area contributed by atoms with Crippen LogP contribution in [0.4, 0.5) is 8.78 Å². The lowest BCUT2D eigenvalue weighted by atomic mass is 10.0. The molecule has 0 fully saturated rings. The van der Waals surface area contributed by atoms with E-state index in [0.717, 1.165) is 42.6 Å². The van der Waals surface area contributed by atoms with Gasteiger partial charge in [-0.25, -0.2) is 8.78 Å². The molecular weight excluding hydrogens is 474 g/mol. The Balaban J connectivity index is 1.63. The Kier molecular flexibility index (Phi) is 8.67. The van der Waals surface area contributed by atoms with Crippen LogP contribution in [-0.2, 0) is 4.79 Å². The standard InChI is InChI=1S/C30H30F2N2O3/c1-21(29(35)36)9-5-2-3-8-20-37-30-33-27(22-12-16-24(31)17-13-22)28(23-14-18-25(32)19-15-23)34(30)26-10-6-4-7-11-26/h4,6-7,10-19,21H,2-3,5,8-9,20H2,1H3,(H,35,36). The van der Waals surface area contributed by atoms with Crippen LogP contribution in [0.1, 0.15) is 39.0 Å². The van der Waals surface area contributed by atoms with Crippen molar-refractivity contribution in [1.82, 2.24) is 9.55 Å². The lowest BCUT2D eigenvalue weighted by molar-refractivity contribution is -0.141. The van der Waals surface area contributed by atoms with Gasteiger partial charge in [0.1, 0.15) is 17.3 Å². The highest BCUT2D eigenvalue weighted by Crippen LogP contribution is 2.38. The molecule has 0 aliphatic carbocycles. The number of nitrogens with zero attached hydrogens (tertiary/aromatic N) is 2. The van der Waals surface area contributed by atoms with E-state index in [1.807, 2.05) is 34.9 Å². The first kappa shape index (κ1) is 26.1. The van der Waals surface area contributed by atoms with Crippen LogP contribution in [0.25, 0.3) is 28.2 Å². The van der Waals surface area contributed by atoms with Crippen LogP contribution in [0, 0.1) is 17.6 Å². The largest absolute Gasteiger partial charge is 0.481 e. The smallest absolute Gasteiger partial charge is 0.306 e. The van der Waals surface area contributed by atoms with E-state index < -0.39 is 5.97 Å². The molecule has 37 heavy (non-hydrogen) atoms. The lowest BCUT2D eigenvalue weighted by Crippen LogP contribution is -2.09. The van der Waals surface area contributed by atoms with Gasteiger partial charge in [-0.05, 0) is 73.5 Å². The molecule has 5 nitrogen and oxygen atoms in total. The number of imidazole rings is 1. The van der Waals surface area contributed by atoms with Crippen molar-refractivity contribution < 1.29 is 23.4 Å². The molecule has 0 radical (unpaired) electrons. The van der Waals surface area contributed by atoms with Gasteiger partial charge in [0, 0.05) is 11.1 Å². The summed E-state index contributed by atoms with van der Waals surface area (Å²) in [6.07, 6.45) is 4.15. The van der Waals surface area contributed by atoms with Gasteiger partial charge in [0.25, 0.3) is 0 Å². The minimum absolute atomic E-state index is 0.329. The first-order valence-corrected chi connectivity index (χ1v) is 12.5. The number of halogens is 2. The summed E-state index contributed by atoms with van der Waals surface area (Å²) in [5, 5.41) is 9.02. The summed E-state index contributed by atoms with van der Waals surface area (Å²) in [5.74, 6) is -1.77. The number of carboxylic acids is 1. The topological polar surface area (TPSA) is 64.4 Å². The molecule has 7 heteroatoms. The lowest BCUT2D eigenvalue weighted by Gasteiger charge is -2.13. The quantitative estimate of drug-likeness (QED) is 0.203. The summed E-state index contributed by atoms with van der Waals surface area (Å²) in [4.78, 5) is 15.8. The molecule has 4 aromatic rings. The zero-order valence-electron chi connectivity index (χ0n) is 20.7. The third-order valence-electron chi connectivity index (χ3n) is 6.28. The fraction of sp³-hybridized carbons (Fsp3) is 0.267. The summed E-state index contributed by atoms with van der Waals surface area (Å²) in [6.45, 7) is 2.16. The third kappa shape index (κ3) is 6.61. The van der Waals surface area contributed by atoms with Crippen molar-refractivity contribution in [3.63, 3.8) is 0 Å². The van der Waals surface area contributed by atoms with Crippen LogP contribution in [0.3, 0.4) is 0 Å². The van der Waals surface area contributed by atoms with Gasteiger partial charge in [0.2, 0.25) is 0 Å². The number of carboxylic acid groups (broad SMARTS) is 1. The van der Waals surface area contributed by atoms with Crippen molar-refractivity contribution in [3.8, 4) is 34.2 Å². The molecule has 0 bridgehead atoms. The SMILES string of the molecule is CC(CCCCCCOc1nc(-c2ccc(F)cc2)c(-c2ccc(F)cc2)n1-c1ccccc1)C(=O)O. The molecule has 1 heterocycles. The predicted molar refractivity (Wildman–Crippen MR) is 140 cm³/mol. The van der Waals surface area contributed by atoms with Gasteiger partial charge in [-0.1, -0.05) is 44.4 Å². The molecule has 1 N–H and O–H groups in total. The summed E-state index contributed by atoms with van der Waals surface area (Å²) >= 11 is 0. The highest BCUT2D eigenvalue weighted by molar-refractivity contribution is 5.81. The monoisotopic (exact) mass is 504 g/mol. The van der Waals surface area contributed by atoms with Crippen LogP contribution in [0.15, 0.2) is 78.9 Å². The number of rotatable bonds is 12. The van der Waals surface area contributed by atoms with Crippen LogP contribution in [0.5, 0.6) is 6.01 Å². The Morgan fingerprint density at radius 3 is 2.08 bits per heavy atom. The highest BCUT2D eigenvalue weighted by Gasteiger charge is 2.22. The number of hydrogen-bond donors (Lipinski definition) is 1. The van der Waals surface area contributed by atoms with E-state index in [2.05, 4.69) is 0 Å². The second-order valence-corrected chi connectivity index (χ2v) is 9.07. The molecule has 0 spiro atoms. The van der Waals surface area contributed by atoms with Crippen LogP contribution in [0.2, 0.25) is 0 Å². The van der Waals surface area contributed by atoms with Crippen LogP contribution >= 0.6 is 0 Å². The second-order valence-electron chi connectivity index (χ2n) is 9.07. The van der Waals surface area contributed by atoms with Crippen molar-refractivity contribution in [2.75, 3.05) is 6.61 Å². The van der Waals surface area contributed by atoms with E-state index in [1.54, 1.807) is 31.2 Å². The summed E-state index contributed by atoms with van der Waals surface area (Å²) in [6, 6.07) is 22.3. The predicted octanol–water partition coefficient (Wildman–Crippen LogP) is 7.53. The highest BCUT2D eigenvalue weighted by atomic mass is 19.1. The number of hydrogen-bond acceptors (Lipinski definition) is 3. The molecule has 0 amide bonds. The van der Waals surface area contributed by atoms with Crippen LogP contribution in [-0.4, -0.2) is 27.2 Å². The maximum absolute atomic E-state index is 13.8. The van der Waals surface area contributed by atoms with E-state index in [4.69, 9.17) is 14.8 Å². The van der Waals surface area contributed by atoms with E-state index >= 15 is 0 Å². The molecule has 1 aromatic heterocycles. The fourth-order valence-corrected chi connectivity index (χ4v) is 4.19. The number of aliphatic carboxylic acids is 1. The first-order chi connectivity index (χ1) is 17.9.